The predicted molar refractivity (Wildman–Crippen MR) is 50.9 cm³/mol. The fourth-order valence-corrected chi connectivity index (χ4v) is 1.29. The number of hydrogen-bond acceptors (Lipinski definition) is 2. The summed E-state index contributed by atoms with van der Waals surface area (Å²) in [5.74, 6) is -1.58. The van der Waals surface area contributed by atoms with Gasteiger partial charge in [0.15, 0.2) is 5.69 Å². The summed E-state index contributed by atoms with van der Waals surface area (Å²) >= 11 is 0. The Kier molecular flexibility index (Phi) is 3.87. The lowest BCUT2D eigenvalue weighted by atomic mass is 10.0. The summed E-state index contributed by atoms with van der Waals surface area (Å²) < 4.78 is 75.3. The van der Waals surface area contributed by atoms with Crippen LogP contribution >= 0.6 is 0 Å². The molecule has 1 aromatic heterocycles. The second-order valence-corrected chi connectivity index (χ2v) is 3.29. The molecule has 0 spiro atoms. The van der Waals surface area contributed by atoms with Gasteiger partial charge in [0.05, 0.1) is 5.56 Å². The second kappa shape index (κ2) is 4.90. The van der Waals surface area contributed by atoms with Crippen LogP contribution in [0.2, 0.25) is 0 Å². The number of nitrogens with zero attached hydrogens (tertiary/aromatic N) is 1. The minimum Gasteiger partial charge on any atom is -0.478 e. The van der Waals surface area contributed by atoms with E-state index in [9.17, 15) is 31.1 Å². The second-order valence-electron chi connectivity index (χ2n) is 3.29. The summed E-state index contributed by atoms with van der Waals surface area (Å²) in [4.78, 5) is 12.9. The highest BCUT2D eigenvalue weighted by atomic mass is 19.4. The standard InChI is InChI=1S/C10H5F6NO2/c11-9(12,13)7-5(1-2-6(18)19)3-4-17-8(7)10(14,15)16/h1-4H,(H,18,19)/b2-1+. The van der Waals surface area contributed by atoms with Gasteiger partial charge < -0.3 is 5.11 Å². The highest BCUT2D eigenvalue weighted by Crippen LogP contribution is 2.41. The molecular formula is C10H5F6NO2. The molecular weight excluding hydrogens is 280 g/mol. The van der Waals surface area contributed by atoms with Crippen LogP contribution in [0.3, 0.4) is 0 Å². The zero-order chi connectivity index (χ0) is 14.8. The van der Waals surface area contributed by atoms with Gasteiger partial charge in [0.2, 0.25) is 0 Å². The molecule has 0 radical (unpaired) electrons. The van der Waals surface area contributed by atoms with Crippen LogP contribution in [0.5, 0.6) is 0 Å². The van der Waals surface area contributed by atoms with Gasteiger partial charge in [0, 0.05) is 12.3 Å². The first-order chi connectivity index (χ1) is 8.53. The number of rotatable bonds is 2. The number of alkyl halides is 6. The summed E-state index contributed by atoms with van der Waals surface area (Å²) in [7, 11) is 0. The molecule has 1 heterocycles. The summed E-state index contributed by atoms with van der Waals surface area (Å²) in [6.45, 7) is 0. The summed E-state index contributed by atoms with van der Waals surface area (Å²) in [6.07, 6.45) is -9.33. The fraction of sp³-hybridized carbons (Fsp3) is 0.200. The molecule has 0 atom stereocenters. The zero-order valence-corrected chi connectivity index (χ0v) is 8.88. The lowest BCUT2D eigenvalue weighted by Crippen LogP contribution is -2.19. The van der Waals surface area contributed by atoms with Crippen molar-refractivity contribution in [1.82, 2.24) is 4.98 Å². The summed E-state index contributed by atoms with van der Waals surface area (Å²) in [6, 6.07) is 0.650. The Morgan fingerprint density at radius 2 is 1.74 bits per heavy atom. The number of carboxylic acids is 1. The molecule has 0 saturated heterocycles. The first kappa shape index (κ1) is 15.0. The molecule has 0 amide bonds. The first-order valence-electron chi connectivity index (χ1n) is 4.58. The average molecular weight is 285 g/mol. The SMILES string of the molecule is O=C(O)/C=C/c1ccnc(C(F)(F)F)c1C(F)(F)F. The van der Waals surface area contributed by atoms with Crippen molar-refractivity contribution >= 4 is 12.0 Å². The third kappa shape index (κ3) is 3.70. The Bertz CT molecular complexity index is 518. The van der Waals surface area contributed by atoms with E-state index in [1.807, 2.05) is 0 Å². The maximum atomic E-state index is 12.6. The van der Waals surface area contributed by atoms with E-state index < -0.39 is 35.1 Å². The zero-order valence-electron chi connectivity index (χ0n) is 8.88. The van der Waals surface area contributed by atoms with Gasteiger partial charge in [-0.1, -0.05) is 0 Å². The van der Waals surface area contributed by atoms with Crippen LogP contribution in [0, 0.1) is 0 Å². The molecule has 19 heavy (non-hydrogen) atoms. The van der Waals surface area contributed by atoms with Crippen molar-refractivity contribution in [3.8, 4) is 0 Å². The average Bonchev–Trinajstić information content (AvgIpc) is 2.23. The minimum absolute atomic E-state index is 0.310. The van der Waals surface area contributed by atoms with Crippen LogP contribution in [0.25, 0.3) is 6.08 Å². The van der Waals surface area contributed by atoms with Gasteiger partial charge in [-0.3, -0.25) is 4.98 Å². The van der Waals surface area contributed by atoms with E-state index in [-0.39, 0.29) is 0 Å². The molecule has 0 saturated carbocycles. The Hall–Kier alpha value is -2.06. The molecule has 0 unspecified atom stereocenters. The van der Waals surface area contributed by atoms with E-state index in [0.29, 0.717) is 24.4 Å². The van der Waals surface area contributed by atoms with Crippen molar-refractivity contribution in [2.75, 3.05) is 0 Å². The highest BCUT2D eigenvalue weighted by Gasteiger charge is 2.45. The van der Waals surface area contributed by atoms with Crippen LogP contribution in [0.15, 0.2) is 18.3 Å². The molecule has 0 aromatic carbocycles. The van der Waals surface area contributed by atoms with Crippen LogP contribution in [-0.2, 0) is 17.1 Å². The highest BCUT2D eigenvalue weighted by molar-refractivity contribution is 5.85. The van der Waals surface area contributed by atoms with Gasteiger partial charge in [-0.25, -0.2) is 4.79 Å². The molecule has 0 aliphatic carbocycles. The van der Waals surface area contributed by atoms with E-state index in [1.54, 1.807) is 0 Å². The quantitative estimate of drug-likeness (QED) is 0.670. The molecule has 1 aromatic rings. The Labute approximate surface area is 102 Å². The molecule has 0 aliphatic rings. The third-order valence-corrected chi connectivity index (χ3v) is 1.94. The smallest absolute Gasteiger partial charge is 0.433 e. The molecule has 0 aliphatic heterocycles. The number of carboxylic acid groups (broad SMARTS) is 1. The molecule has 1 rings (SSSR count). The summed E-state index contributed by atoms with van der Waals surface area (Å²) in [5.41, 5.74) is -5.04. The molecule has 9 heteroatoms. The van der Waals surface area contributed by atoms with Crippen molar-refractivity contribution < 1.29 is 36.2 Å². The van der Waals surface area contributed by atoms with Crippen molar-refractivity contribution in [3.05, 3.63) is 35.2 Å². The van der Waals surface area contributed by atoms with Crippen molar-refractivity contribution in [2.24, 2.45) is 0 Å². The topological polar surface area (TPSA) is 50.2 Å². The maximum Gasteiger partial charge on any atom is 0.433 e. The maximum absolute atomic E-state index is 12.6. The lowest BCUT2D eigenvalue weighted by Gasteiger charge is -2.16. The number of aromatic nitrogens is 1. The monoisotopic (exact) mass is 285 g/mol. The van der Waals surface area contributed by atoms with Gasteiger partial charge in [-0.15, -0.1) is 0 Å². The molecule has 1 N–H and O–H groups in total. The predicted octanol–water partition coefficient (Wildman–Crippen LogP) is 3.22. The number of carbonyl (C=O) groups is 1. The molecule has 104 valence electrons. The molecule has 0 bridgehead atoms. The molecule has 0 fully saturated rings. The van der Waals surface area contributed by atoms with E-state index in [4.69, 9.17) is 5.11 Å². The Morgan fingerprint density at radius 3 is 2.16 bits per heavy atom. The van der Waals surface area contributed by atoms with E-state index in [1.165, 1.54) is 0 Å². The van der Waals surface area contributed by atoms with E-state index in [2.05, 4.69) is 4.98 Å². The summed E-state index contributed by atoms with van der Waals surface area (Å²) in [5, 5.41) is 8.29. The number of hydrogen-bond donors (Lipinski definition) is 1. The van der Waals surface area contributed by atoms with Crippen LogP contribution < -0.4 is 0 Å². The van der Waals surface area contributed by atoms with Gasteiger partial charge >= 0.3 is 18.3 Å². The fourth-order valence-electron chi connectivity index (χ4n) is 1.29. The Balaban J connectivity index is 3.53. The van der Waals surface area contributed by atoms with Crippen LogP contribution in [-0.4, -0.2) is 16.1 Å². The van der Waals surface area contributed by atoms with Crippen molar-refractivity contribution in [3.63, 3.8) is 0 Å². The number of aliphatic carboxylic acids is 1. The lowest BCUT2D eigenvalue weighted by molar-refractivity contribution is -0.164. The normalized spacial score (nSPS) is 12.9. The first-order valence-corrected chi connectivity index (χ1v) is 4.58. The number of halogens is 6. The molecule has 3 nitrogen and oxygen atoms in total. The number of pyridine rings is 1. The Morgan fingerprint density at radius 1 is 1.16 bits per heavy atom. The van der Waals surface area contributed by atoms with Crippen molar-refractivity contribution in [1.29, 1.82) is 0 Å². The van der Waals surface area contributed by atoms with E-state index >= 15 is 0 Å². The van der Waals surface area contributed by atoms with Gasteiger partial charge in [0.25, 0.3) is 0 Å². The van der Waals surface area contributed by atoms with Gasteiger partial charge in [-0.05, 0) is 17.7 Å². The largest absolute Gasteiger partial charge is 0.478 e. The van der Waals surface area contributed by atoms with Crippen molar-refractivity contribution in [2.45, 2.75) is 12.4 Å². The van der Waals surface area contributed by atoms with Gasteiger partial charge in [-0.2, -0.15) is 26.3 Å². The van der Waals surface area contributed by atoms with Gasteiger partial charge in [0.1, 0.15) is 0 Å². The van der Waals surface area contributed by atoms with Crippen LogP contribution in [0.4, 0.5) is 26.3 Å². The van der Waals surface area contributed by atoms with Crippen LogP contribution in [0.1, 0.15) is 16.8 Å². The third-order valence-electron chi connectivity index (χ3n) is 1.94. The minimum atomic E-state index is -5.31. The van der Waals surface area contributed by atoms with E-state index in [0.717, 1.165) is 0 Å².